The van der Waals surface area contributed by atoms with Gasteiger partial charge in [-0.25, -0.2) is 0 Å². The van der Waals surface area contributed by atoms with Crippen molar-refractivity contribution in [3.63, 3.8) is 0 Å². The highest BCUT2D eigenvalue weighted by atomic mass is 16.1. The van der Waals surface area contributed by atoms with Gasteiger partial charge in [0.1, 0.15) is 6.29 Å². The Morgan fingerprint density at radius 1 is 1.56 bits per heavy atom. The van der Waals surface area contributed by atoms with Crippen molar-refractivity contribution in [1.29, 1.82) is 0 Å². The predicted octanol–water partition coefficient (Wildman–Crippen LogP) is 4.44. The van der Waals surface area contributed by atoms with Crippen molar-refractivity contribution in [1.82, 2.24) is 0 Å². The van der Waals surface area contributed by atoms with Gasteiger partial charge in [-0.3, -0.25) is 0 Å². The maximum absolute atomic E-state index is 10.9. The largest absolute Gasteiger partial charge is 0.303 e. The van der Waals surface area contributed by atoms with Crippen molar-refractivity contribution >= 4 is 6.29 Å². The number of aldehydes is 1. The molecule has 0 fully saturated rings. The highest BCUT2D eigenvalue weighted by Gasteiger charge is 2.25. The van der Waals surface area contributed by atoms with E-state index in [4.69, 9.17) is 0 Å². The van der Waals surface area contributed by atoms with Gasteiger partial charge in [-0.05, 0) is 45.4 Å². The molecule has 0 aromatic heterocycles. The average Bonchev–Trinajstić information content (AvgIpc) is 2.31. The highest BCUT2D eigenvalue weighted by molar-refractivity contribution is 5.59. The second-order valence-corrected chi connectivity index (χ2v) is 5.28. The van der Waals surface area contributed by atoms with E-state index >= 15 is 0 Å². The SMILES string of the molecule is CC/C(C)=C\CCC1=CCC(C)(C=O)CC1. The fraction of sp³-hybridized carbons (Fsp3) is 0.667. The van der Waals surface area contributed by atoms with Crippen molar-refractivity contribution in [3.05, 3.63) is 23.3 Å². The first-order valence-electron chi connectivity index (χ1n) is 6.39. The molecule has 0 spiro atoms. The van der Waals surface area contributed by atoms with Crippen LogP contribution in [-0.2, 0) is 4.79 Å². The molecule has 90 valence electrons. The molecule has 1 rings (SSSR count). The van der Waals surface area contributed by atoms with Crippen LogP contribution in [0.4, 0.5) is 0 Å². The molecule has 1 heteroatoms. The maximum Gasteiger partial charge on any atom is 0.126 e. The lowest BCUT2D eigenvalue weighted by Gasteiger charge is -2.27. The molecule has 16 heavy (non-hydrogen) atoms. The molecule has 0 saturated carbocycles. The molecular formula is C15H24O. The molecule has 0 aliphatic heterocycles. The second kappa shape index (κ2) is 6.03. The molecule has 0 aromatic carbocycles. The van der Waals surface area contributed by atoms with Gasteiger partial charge < -0.3 is 4.79 Å². The first kappa shape index (κ1) is 13.2. The smallest absolute Gasteiger partial charge is 0.126 e. The third kappa shape index (κ3) is 3.96. The molecule has 0 bridgehead atoms. The zero-order valence-electron chi connectivity index (χ0n) is 10.9. The summed E-state index contributed by atoms with van der Waals surface area (Å²) in [7, 11) is 0. The van der Waals surface area contributed by atoms with Crippen LogP contribution in [0.2, 0.25) is 0 Å². The lowest BCUT2D eigenvalue weighted by atomic mass is 9.77. The minimum atomic E-state index is -0.0846. The summed E-state index contributed by atoms with van der Waals surface area (Å²) >= 11 is 0. The third-order valence-electron chi connectivity index (χ3n) is 3.67. The third-order valence-corrected chi connectivity index (χ3v) is 3.67. The molecule has 0 aromatic rings. The molecule has 1 aliphatic carbocycles. The van der Waals surface area contributed by atoms with E-state index < -0.39 is 0 Å². The van der Waals surface area contributed by atoms with Crippen LogP contribution in [-0.4, -0.2) is 6.29 Å². The van der Waals surface area contributed by atoms with Crippen LogP contribution >= 0.6 is 0 Å². The molecule has 1 aliphatic rings. The van der Waals surface area contributed by atoms with Gasteiger partial charge in [-0.2, -0.15) is 0 Å². The molecule has 0 heterocycles. The average molecular weight is 220 g/mol. The van der Waals surface area contributed by atoms with Gasteiger partial charge in [0, 0.05) is 5.41 Å². The van der Waals surface area contributed by atoms with E-state index in [1.807, 2.05) is 0 Å². The number of hydrogen-bond donors (Lipinski definition) is 0. The monoisotopic (exact) mass is 220 g/mol. The lowest BCUT2D eigenvalue weighted by molar-refractivity contribution is -0.115. The van der Waals surface area contributed by atoms with E-state index in [1.54, 1.807) is 5.57 Å². The summed E-state index contributed by atoms with van der Waals surface area (Å²) in [4.78, 5) is 10.9. The summed E-state index contributed by atoms with van der Waals surface area (Å²) in [5, 5.41) is 0. The van der Waals surface area contributed by atoms with Crippen molar-refractivity contribution in [2.24, 2.45) is 5.41 Å². The fourth-order valence-electron chi connectivity index (χ4n) is 2.01. The summed E-state index contributed by atoms with van der Waals surface area (Å²) < 4.78 is 0. The minimum Gasteiger partial charge on any atom is -0.303 e. The van der Waals surface area contributed by atoms with Gasteiger partial charge in [0.05, 0.1) is 0 Å². The topological polar surface area (TPSA) is 17.1 Å². The van der Waals surface area contributed by atoms with Gasteiger partial charge in [0.2, 0.25) is 0 Å². The van der Waals surface area contributed by atoms with Crippen LogP contribution in [0.3, 0.4) is 0 Å². The fourth-order valence-corrected chi connectivity index (χ4v) is 2.01. The van der Waals surface area contributed by atoms with Crippen LogP contribution in [0.25, 0.3) is 0 Å². The van der Waals surface area contributed by atoms with E-state index in [-0.39, 0.29) is 5.41 Å². The predicted molar refractivity (Wildman–Crippen MR) is 69.4 cm³/mol. The zero-order valence-corrected chi connectivity index (χ0v) is 10.9. The van der Waals surface area contributed by atoms with Gasteiger partial charge >= 0.3 is 0 Å². The highest BCUT2D eigenvalue weighted by Crippen LogP contribution is 2.34. The van der Waals surface area contributed by atoms with Crippen molar-refractivity contribution in [2.75, 3.05) is 0 Å². The van der Waals surface area contributed by atoms with E-state index in [9.17, 15) is 4.79 Å². The molecule has 1 nitrogen and oxygen atoms in total. The number of carbonyl (C=O) groups is 1. The van der Waals surface area contributed by atoms with Crippen LogP contribution in [0.15, 0.2) is 23.3 Å². The first-order valence-corrected chi connectivity index (χ1v) is 6.39. The number of carbonyl (C=O) groups excluding carboxylic acids is 1. The number of hydrogen-bond acceptors (Lipinski definition) is 1. The Morgan fingerprint density at radius 2 is 2.31 bits per heavy atom. The van der Waals surface area contributed by atoms with E-state index in [0.29, 0.717) is 0 Å². The summed E-state index contributed by atoms with van der Waals surface area (Å²) in [5.74, 6) is 0. The van der Waals surface area contributed by atoms with Crippen molar-refractivity contribution < 1.29 is 4.79 Å². The molecule has 0 amide bonds. The Kier molecular flexibility index (Phi) is 4.98. The Morgan fingerprint density at radius 3 is 2.81 bits per heavy atom. The second-order valence-electron chi connectivity index (χ2n) is 5.28. The van der Waals surface area contributed by atoms with Crippen molar-refractivity contribution in [3.8, 4) is 0 Å². The van der Waals surface area contributed by atoms with E-state index in [0.717, 1.165) is 38.4 Å². The van der Waals surface area contributed by atoms with E-state index in [1.165, 1.54) is 12.0 Å². The summed E-state index contributed by atoms with van der Waals surface area (Å²) in [6, 6.07) is 0. The molecule has 0 N–H and O–H groups in total. The van der Waals surface area contributed by atoms with Crippen LogP contribution in [0, 0.1) is 5.41 Å². The Labute approximate surface area is 99.6 Å². The van der Waals surface area contributed by atoms with E-state index in [2.05, 4.69) is 32.9 Å². The van der Waals surface area contributed by atoms with Gasteiger partial charge in [0.15, 0.2) is 0 Å². The van der Waals surface area contributed by atoms with Crippen LogP contribution in [0.1, 0.15) is 59.3 Å². The summed E-state index contributed by atoms with van der Waals surface area (Å²) in [6.45, 7) is 6.45. The van der Waals surface area contributed by atoms with Crippen molar-refractivity contribution in [2.45, 2.75) is 59.3 Å². The normalized spacial score (nSPS) is 26.4. The first-order chi connectivity index (χ1) is 7.59. The van der Waals surface area contributed by atoms with Crippen LogP contribution in [0.5, 0.6) is 0 Å². The van der Waals surface area contributed by atoms with Gasteiger partial charge in [0.25, 0.3) is 0 Å². The molecule has 1 atom stereocenters. The quantitative estimate of drug-likeness (QED) is 0.494. The Bertz CT molecular complexity index is 299. The molecular weight excluding hydrogens is 196 g/mol. The van der Waals surface area contributed by atoms with Gasteiger partial charge in [-0.1, -0.05) is 37.1 Å². The zero-order chi connectivity index (χ0) is 12.0. The molecule has 1 unspecified atom stereocenters. The minimum absolute atomic E-state index is 0.0846. The molecule has 0 radical (unpaired) electrons. The lowest BCUT2D eigenvalue weighted by Crippen LogP contribution is -2.20. The maximum atomic E-state index is 10.9. The molecule has 0 saturated heterocycles. The number of allylic oxidation sites excluding steroid dienone is 4. The van der Waals surface area contributed by atoms with Gasteiger partial charge in [-0.15, -0.1) is 0 Å². The summed E-state index contributed by atoms with van der Waals surface area (Å²) in [5.41, 5.74) is 2.94. The number of rotatable bonds is 5. The standard InChI is InChI=1S/C15H24O/c1-4-13(2)6-5-7-14-8-10-15(3,12-16)11-9-14/h6,8,12H,4-5,7,9-11H2,1-3H3/b13-6-. The summed E-state index contributed by atoms with van der Waals surface area (Å²) in [6.07, 6.45) is 12.3. The van der Waals surface area contributed by atoms with Crippen LogP contribution < -0.4 is 0 Å². The Hall–Kier alpha value is -0.850. The Balaban J connectivity index is 2.38.